The average Bonchev–Trinajstić information content (AvgIpc) is 2.89. The van der Waals surface area contributed by atoms with E-state index in [2.05, 4.69) is 4.98 Å². The number of alkyl halides is 3. The van der Waals surface area contributed by atoms with Gasteiger partial charge in [-0.3, -0.25) is 0 Å². The molecule has 1 heterocycles. The van der Waals surface area contributed by atoms with Crippen molar-refractivity contribution in [1.82, 2.24) is 4.98 Å². The van der Waals surface area contributed by atoms with E-state index in [-0.39, 0.29) is 0 Å². The molecule has 0 radical (unpaired) electrons. The van der Waals surface area contributed by atoms with Crippen LogP contribution < -0.4 is 4.74 Å². The van der Waals surface area contributed by atoms with Crippen molar-refractivity contribution in [3.63, 3.8) is 0 Å². The Bertz CT molecular complexity index is 772. The molecule has 3 rings (SSSR count). The number of fused-ring (bicyclic) bond motifs is 1. The van der Waals surface area contributed by atoms with Gasteiger partial charge in [-0.2, -0.15) is 13.2 Å². The number of halogens is 3. The normalized spacial score (nSPS) is 11.8. The summed E-state index contributed by atoms with van der Waals surface area (Å²) in [7, 11) is 1.58. The second kappa shape index (κ2) is 4.84. The first kappa shape index (κ1) is 13.5. The number of H-pyrrole nitrogens is 1. The second-order valence-electron chi connectivity index (χ2n) is 4.71. The minimum Gasteiger partial charge on any atom is -0.497 e. The Morgan fingerprint density at radius 1 is 0.952 bits per heavy atom. The Kier molecular flexibility index (Phi) is 3.12. The number of nitrogens with one attached hydrogen (secondary N) is 1. The van der Waals surface area contributed by atoms with Gasteiger partial charge < -0.3 is 9.72 Å². The topological polar surface area (TPSA) is 25.0 Å². The van der Waals surface area contributed by atoms with Crippen molar-refractivity contribution in [2.75, 3.05) is 7.11 Å². The molecule has 0 bridgehead atoms. The standard InChI is InChI=1S/C16H12F3NO/c1-21-13-7-4-11-8-14(20-15(11)9-13)10-2-5-12(6-3-10)16(17,18)19/h2-9,20H,1H3. The van der Waals surface area contributed by atoms with Crippen molar-refractivity contribution >= 4 is 10.9 Å². The molecule has 108 valence electrons. The van der Waals surface area contributed by atoms with E-state index < -0.39 is 11.7 Å². The maximum atomic E-state index is 12.6. The van der Waals surface area contributed by atoms with Crippen LogP contribution in [0.4, 0.5) is 13.2 Å². The molecule has 0 aliphatic carbocycles. The summed E-state index contributed by atoms with van der Waals surface area (Å²) in [4.78, 5) is 3.18. The summed E-state index contributed by atoms with van der Waals surface area (Å²) < 4.78 is 42.8. The highest BCUT2D eigenvalue weighted by molar-refractivity contribution is 5.86. The fraction of sp³-hybridized carbons (Fsp3) is 0.125. The van der Waals surface area contributed by atoms with Gasteiger partial charge >= 0.3 is 6.18 Å². The summed E-state index contributed by atoms with van der Waals surface area (Å²) >= 11 is 0. The molecule has 0 aliphatic heterocycles. The van der Waals surface area contributed by atoms with Crippen molar-refractivity contribution in [2.24, 2.45) is 0 Å². The zero-order chi connectivity index (χ0) is 15.0. The highest BCUT2D eigenvalue weighted by Crippen LogP contribution is 2.32. The van der Waals surface area contributed by atoms with Gasteiger partial charge in [-0.25, -0.2) is 0 Å². The summed E-state index contributed by atoms with van der Waals surface area (Å²) in [6.45, 7) is 0. The molecule has 2 nitrogen and oxygen atoms in total. The molecule has 1 aromatic heterocycles. The molecular formula is C16H12F3NO. The van der Waals surface area contributed by atoms with Gasteiger partial charge in [0, 0.05) is 22.7 Å². The van der Waals surface area contributed by atoms with Crippen LogP contribution in [-0.2, 0) is 6.18 Å². The maximum Gasteiger partial charge on any atom is 0.416 e. The van der Waals surface area contributed by atoms with E-state index in [1.54, 1.807) is 7.11 Å². The zero-order valence-corrected chi connectivity index (χ0v) is 11.2. The van der Waals surface area contributed by atoms with Crippen molar-refractivity contribution in [3.8, 4) is 17.0 Å². The van der Waals surface area contributed by atoms with Gasteiger partial charge in [0.1, 0.15) is 5.75 Å². The largest absolute Gasteiger partial charge is 0.497 e. The van der Waals surface area contributed by atoms with E-state index >= 15 is 0 Å². The van der Waals surface area contributed by atoms with E-state index in [9.17, 15) is 13.2 Å². The van der Waals surface area contributed by atoms with Crippen LogP contribution in [0.5, 0.6) is 5.75 Å². The molecule has 2 aromatic carbocycles. The smallest absolute Gasteiger partial charge is 0.416 e. The van der Waals surface area contributed by atoms with Crippen molar-refractivity contribution < 1.29 is 17.9 Å². The molecule has 0 fully saturated rings. The molecule has 3 aromatic rings. The predicted molar refractivity (Wildman–Crippen MR) is 75.3 cm³/mol. The number of hydrogen-bond acceptors (Lipinski definition) is 1. The highest BCUT2D eigenvalue weighted by Gasteiger charge is 2.29. The van der Waals surface area contributed by atoms with Gasteiger partial charge in [0.15, 0.2) is 0 Å². The lowest BCUT2D eigenvalue weighted by Gasteiger charge is -2.06. The number of aromatic amines is 1. The van der Waals surface area contributed by atoms with Crippen LogP contribution >= 0.6 is 0 Å². The number of benzene rings is 2. The van der Waals surface area contributed by atoms with Crippen LogP contribution in [0.3, 0.4) is 0 Å². The Morgan fingerprint density at radius 2 is 1.67 bits per heavy atom. The number of rotatable bonds is 2. The summed E-state index contributed by atoms with van der Waals surface area (Å²) in [5.41, 5.74) is 1.71. The summed E-state index contributed by atoms with van der Waals surface area (Å²) in [6, 6.07) is 12.6. The van der Waals surface area contributed by atoms with Gasteiger partial charge in [0.05, 0.1) is 12.7 Å². The first-order valence-corrected chi connectivity index (χ1v) is 6.32. The van der Waals surface area contributed by atoms with Gasteiger partial charge in [-0.05, 0) is 35.9 Å². The third kappa shape index (κ3) is 2.59. The molecule has 0 atom stereocenters. The first-order valence-electron chi connectivity index (χ1n) is 6.32. The summed E-state index contributed by atoms with van der Waals surface area (Å²) in [5, 5.41) is 0.977. The zero-order valence-electron chi connectivity index (χ0n) is 11.2. The number of ether oxygens (including phenoxy) is 1. The van der Waals surface area contributed by atoms with E-state index in [0.29, 0.717) is 5.56 Å². The lowest BCUT2D eigenvalue weighted by Crippen LogP contribution is -2.03. The quantitative estimate of drug-likeness (QED) is 0.716. The van der Waals surface area contributed by atoms with Gasteiger partial charge in [-0.1, -0.05) is 12.1 Å². The first-order chi connectivity index (χ1) is 9.97. The molecule has 0 aliphatic rings. The molecule has 5 heteroatoms. The Balaban J connectivity index is 2.00. The van der Waals surface area contributed by atoms with Crippen molar-refractivity contribution in [3.05, 3.63) is 54.1 Å². The molecule has 21 heavy (non-hydrogen) atoms. The molecule has 1 N–H and O–H groups in total. The summed E-state index contributed by atoms with van der Waals surface area (Å²) in [5.74, 6) is 0.725. The molecular weight excluding hydrogens is 279 g/mol. The molecule has 0 saturated heterocycles. The van der Waals surface area contributed by atoms with Crippen molar-refractivity contribution in [2.45, 2.75) is 6.18 Å². The third-order valence-corrected chi connectivity index (χ3v) is 3.35. The van der Waals surface area contributed by atoms with Crippen molar-refractivity contribution in [1.29, 1.82) is 0 Å². The Hall–Kier alpha value is -2.43. The van der Waals surface area contributed by atoms with Crippen LogP contribution in [0.15, 0.2) is 48.5 Å². The van der Waals surface area contributed by atoms with E-state index in [1.807, 2.05) is 24.3 Å². The van der Waals surface area contributed by atoms with E-state index in [1.165, 1.54) is 12.1 Å². The lowest BCUT2D eigenvalue weighted by atomic mass is 10.1. The highest BCUT2D eigenvalue weighted by atomic mass is 19.4. The minimum atomic E-state index is -4.31. The van der Waals surface area contributed by atoms with Crippen LogP contribution in [0.1, 0.15) is 5.56 Å². The van der Waals surface area contributed by atoms with Crippen LogP contribution in [0.25, 0.3) is 22.2 Å². The van der Waals surface area contributed by atoms with Crippen LogP contribution in [0.2, 0.25) is 0 Å². The molecule has 0 amide bonds. The molecule has 0 unspecified atom stereocenters. The minimum absolute atomic E-state index is 0.649. The molecule has 0 spiro atoms. The third-order valence-electron chi connectivity index (χ3n) is 3.35. The van der Waals surface area contributed by atoms with E-state index in [0.717, 1.165) is 34.5 Å². The number of aromatic nitrogens is 1. The Labute approximate surface area is 119 Å². The maximum absolute atomic E-state index is 12.6. The fourth-order valence-corrected chi connectivity index (χ4v) is 2.23. The molecule has 0 saturated carbocycles. The second-order valence-corrected chi connectivity index (χ2v) is 4.71. The average molecular weight is 291 g/mol. The monoisotopic (exact) mass is 291 g/mol. The number of hydrogen-bond donors (Lipinski definition) is 1. The van der Waals surface area contributed by atoms with Gasteiger partial charge in [0.2, 0.25) is 0 Å². The van der Waals surface area contributed by atoms with E-state index in [4.69, 9.17) is 4.74 Å². The van der Waals surface area contributed by atoms with Crippen LogP contribution in [0, 0.1) is 0 Å². The fourth-order valence-electron chi connectivity index (χ4n) is 2.23. The van der Waals surface area contributed by atoms with Gasteiger partial charge in [0.25, 0.3) is 0 Å². The predicted octanol–water partition coefficient (Wildman–Crippen LogP) is 4.86. The lowest BCUT2D eigenvalue weighted by molar-refractivity contribution is -0.137. The van der Waals surface area contributed by atoms with Crippen LogP contribution in [-0.4, -0.2) is 12.1 Å². The Morgan fingerprint density at radius 3 is 2.29 bits per heavy atom. The SMILES string of the molecule is COc1ccc2cc(-c3ccc(C(F)(F)F)cc3)[nH]c2c1. The summed E-state index contributed by atoms with van der Waals surface area (Å²) in [6.07, 6.45) is -4.31. The van der Waals surface area contributed by atoms with Gasteiger partial charge in [-0.15, -0.1) is 0 Å². The number of methoxy groups -OCH3 is 1.